The Morgan fingerprint density at radius 1 is 1.17 bits per heavy atom. The third kappa shape index (κ3) is 4.92. The average Bonchev–Trinajstić information content (AvgIpc) is 2.56. The number of carbonyl (C=O) groups excluding carboxylic acids is 2. The monoisotopic (exact) mass is 312 g/mol. The smallest absolute Gasteiger partial charge is 0.308 e. The second-order valence-electron chi connectivity index (χ2n) is 5.16. The van der Waals surface area contributed by atoms with Crippen molar-refractivity contribution in [3.8, 4) is 0 Å². The van der Waals surface area contributed by atoms with E-state index in [2.05, 4.69) is 10.3 Å². The van der Waals surface area contributed by atoms with E-state index in [1.165, 1.54) is 0 Å². The molecule has 5 nitrogen and oxygen atoms in total. The molecule has 0 bridgehead atoms. The van der Waals surface area contributed by atoms with Crippen LogP contribution in [0.2, 0.25) is 0 Å². The molecule has 1 amide bonds. The maximum atomic E-state index is 12.3. The first kappa shape index (κ1) is 16.7. The predicted molar refractivity (Wildman–Crippen MR) is 86.9 cm³/mol. The minimum absolute atomic E-state index is 0.0788. The van der Waals surface area contributed by atoms with Crippen LogP contribution in [0.25, 0.3) is 0 Å². The highest BCUT2D eigenvalue weighted by molar-refractivity contribution is 5.92. The number of rotatable bonds is 6. The third-order valence-corrected chi connectivity index (χ3v) is 3.36. The molecule has 1 heterocycles. The lowest BCUT2D eigenvalue weighted by atomic mass is 10.0. The van der Waals surface area contributed by atoms with Crippen molar-refractivity contribution in [3.05, 3.63) is 65.5 Å². The lowest BCUT2D eigenvalue weighted by Crippen LogP contribution is -2.31. The molecule has 0 saturated heterocycles. The number of hydrogen-bond donors (Lipinski definition) is 1. The van der Waals surface area contributed by atoms with Gasteiger partial charge in [0, 0.05) is 6.20 Å². The van der Waals surface area contributed by atoms with E-state index in [1.807, 2.05) is 31.2 Å². The summed E-state index contributed by atoms with van der Waals surface area (Å²) in [6.07, 6.45) is 1.64. The Morgan fingerprint density at radius 2 is 1.91 bits per heavy atom. The summed E-state index contributed by atoms with van der Waals surface area (Å²) in [5.41, 5.74) is 2.28. The zero-order valence-corrected chi connectivity index (χ0v) is 13.3. The zero-order chi connectivity index (χ0) is 16.7. The number of esters is 1. The topological polar surface area (TPSA) is 68.3 Å². The average molecular weight is 312 g/mol. The molecular formula is C18H20N2O3. The summed E-state index contributed by atoms with van der Waals surface area (Å²) in [5.74, 6) is -0.667. The first-order chi connectivity index (χ1) is 11.1. The molecule has 0 radical (unpaired) electrons. The molecule has 1 atom stereocenters. The van der Waals surface area contributed by atoms with Gasteiger partial charge in [0.05, 0.1) is 19.1 Å². The maximum Gasteiger partial charge on any atom is 0.308 e. The fourth-order valence-corrected chi connectivity index (χ4v) is 2.17. The summed E-state index contributed by atoms with van der Waals surface area (Å²) >= 11 is 0. The molecule has 1 N–H and O–H groups in total. The van der Waals surface area contributed by atoms with E-state index in [0.29, 0.717) is 12.3 Å². The molecule has 0 saturated carbocycles. The Balaban J connectivity index is 2.17. The minimum atomic E-state index is -0.454. The Labute approximate surface area is 135 Å². The normalized spacial score (nSPS) is 11.6. The SMILES string of the molecule is CCOC(=O)CC(NC(=O)c1ccccn1)c1ccc(C)cc1. The van der Waals surface area contributed by atoms with Crippen molar-refractivity contribution in [2.75, 3.05) is 6.61 Å². The van der Waals surface area contributed by atoms with Gasteiger partial charge < -0.3 is 10.1 Å². The van der Waals surface area contributed by atoms with Crippen LogP contribution < -0.4 is 5.32 Å². The van der Waals surface area contributed by atoms with Crippen molar-refractivity contribution in [1.29, 1.82) is 0 Å². The van der Waals surface area contributed by atoms with Gasteiger partial charge in [-0.05, 0) is 31.5 Å². The second-order valence-corrected chi connectivity index (χ2v) is 5.16. The number of nitrogens with zero attached hydrogens (tertiary/aromatic N) is 1. The predicted octanol–water partition coefficient (Wildman–Crippen LogP) is 2.81. The van der Waals surface area contributed by atoms with Crippen molar-refractivity contribution in [3.63, 3.8) is 0 Å². The number of aryl methyl sites for hydroxylation is 1. The Morgan fingerprint density at radius 3 is 2.52 bits per heavy atom. The van der Waals surface area contributed by atoms with Gasteiger partial charge in [-0.2, -0.15) is 0 Å². The van der Waals surface area contributed by atoms with Crippen LogP contribution in [0.5, 0.6) is 0 Å². The Hall–Kier alpha value is -2.69. The van der Waals surface area contributed by atoms with Crippen LogP contribution in [0.15, 0.2) is 48.7 Å². The maximum absolute atomic E-state index is 12.3. The molecule has 0 fully saturated rings. The molecule has 23 heavy (non-hydrogen) atoms. The van der Waals surface area contributed by atoms with Crippen molar-refractivity contribution < 1.29 is 14.3 Å². The molecule has 1 aromatic heterocycles. The molecule has 0 aliphatic heterocycles. The molecule has 0 aliphatic carbocycles. The summed E-state index contributed by atoms with van der Waals surface area (Å²) in [5, 5.41) is 2.86. The quantitative estimate of drug-likeness (QED) is 0.833. The molecule has 5 heteroatoms. The molecule has 0 spiro atoms. The molecule has 0 aliphatic rings. The summed E-state index contributed by atoms with van der Waals surface area (Å²) < 4.78 is 5.00. The van der Waals surface area contributed by atoms with Crippen molar-refractivity contribution in [2.24, 2.45) is 0 Å². The van der Waals surface area contributed by atoms with Crippen LogP contribution in [0, 0.1) is 6.92 Å². The van der Waals surface area contributed by atoms with E-state index in [1.54, 1.807) is 31.3 Å². The van der Waals surface area contributed by atoms with Crippen LogP contribution >= 0.6 is 0 Å². The van der Waals surface area contributed by atoms with Crippen molar-refractivity contribution in [1.82, 2.24) is 10.3 Å². The van der Waals surface area contributed by atoms with E-state index in [-0.39, 0.29) is 18.3 Å². The summed E-state index contributed by atoms with van der Waals surface area (Å²) in [7, 11) is 0. The highest BCUT2D eigenvalue weighted by Gasteiger charge is 2.20. The number of carbonyl (C=O) groups is 2. The number of ether oxygens (including phenoxy) is 1. The van der Waals surface area contributed by atoms with Gasteiger partial charge in [0.25, 0.3) is 5.91 Å². The molecule has 2 rings (SSSR count). The van der Waals surface area contributed by atoms with Gasteiger partial charge in [-0.25, -0.2) is 0 Å². The number of pyridine rings is 1. The number of nitrogens with one attached hydrogen (secondary N) is 1. The van der Waals surface area contributed by atoms with Crippen LogP contribution in [-0.2, 0) is 9.53 Å². The summed E-state index contributed by atoms with van der Waals surface area (Å²) in [6.45, 7) is 4.05. The molecule has 1 unspecified atom stereocenters. The lowest BCUT2D eigenvalue weighted by Gasteiger charge is -2.18. The summed E-state index contributed by atoms with van der Waals surface area (Å²) in [6, 6.07) is 12.4. The van der Waals surface area contributed by atoms with Gasteiger partial charge >= 0.3 is 5.97 Å². The standard InChI is InChI=1S/C18H20N2O3/c1-3-23-17(21)12-16(14-9-7-13(2)8-10-14)20-18(22)15-6-4-5-11-19-15/h4-11,16H,3,12H2,1-2H3,(H,20,22). The zero-order valence-electron chi connectivity index (χ0n) is 13.3. The van der Waals surface area contributed by atoms with Gasteiger partial charge in [-0.1, -0.05) is 35.9 Å². The van der Waals surface area contributed by atoms with Crippen LogP contribution in [-0.4, -0.2) is 23.5 Å². The fraction of sp³-hybridized carbons (Fsp3) is 0.278. The first-order valence-corrected chi connectivity index (χ1v) is 7.54. The molecule has 2 aromatic rings. The van der Waals surface area contributed by atoms with Gasteiger partial charge in [0.15, 0.2) is 0 Å². The van der Waals surface area contributed by atoms with Gasteiger partial charge in [-0.3, -0.25) is 14.6 Å². The van der Waals surface area contributed by atoms with E-state index in [0.717, 1.165) is 11.1 Å². The number of amides is 1. The second kappa shape index (κ2) is 8.08. The number of aromatic nitrogens is 1. The lowest BCUT2D eigenvalue weighted by molar-refractivity contribution is -0.143. The van der Waals surface area contributed by atoms with Gasteiger partial charge in [0.2, 0.25) is 0 Å². The molecular weight excluding hydrogens is 292 g/mol. The Bertz CT molecular complexity index is 654. The highest BCUT2D eigenvalue weighted by atomic mass is 16.5. The minimum Gasteiger partial charge on any atom is -0.466 e. The number of hydrogen-bond acceptors (Lipinski definition) is 4. The van der Waals surface area contributed by atoms with Gasteiger partial charge in [-0.15, -0.1) is 0 Å². The third-order valence-electron chi connectivity index (χ3n) is 3.36. The van der Waals surface area contributed by atoms with Gasteiger partial charge in [0.1, 0.15) is 5.69 Å². The van der Waals surface area contributed by atoms with Crippen LogP contribution in [0.1, 0.15) is 41.0 Å². The molecule has 120 valence electrons. The number of benzene rings is 1. The van der Waals surface area contributed by atoms with Crippen molar-refractivity contribution >= 4 is 11.9 Å². The largest absolute Gasteiger partial charge is 0.466 e. The van der Waals surface area contributed by atoms with E-state index >= 15 is 0 Å². The van der Waals surface area contributed by atoms with Crippen LogP contribution in [0.3, 0.4) is 0 Å². The summed E-state index contributed by atoms with van der Waals surface area (Å²) in [4.78, 5) is 28.2. The van der Waals surface area contributed by atoms with E-state index in [9.17, 15) is 9.59 Å². The highest BCUT2D eigenvalue weighted by Crippen LogP contribution is 2.19. The first-order valence-electron chi connectivity index (χ1n) is 7.54. The molecule has 1 aromatic carbocycles. The van der Waals surface area contributed by atoms with Crippen molar-refractivity contribution in [2.45, 2.75) is 26.3 Å². The Kier molecular flexibility index (Phi) is 5.86. The van der Waals surface area contributed by atoms with E-state index < -0.39 is 6.04 Å². The van der Waals surface area contributed by atoms with Crippen LogP contribution in [0.4, 0.5) is 0 Å². The fourth-order valence-electron chi connectivity index (χ4n) is 2.17. The van der Waals surface area contributed by atoms with E-state index in [4.69, 9.17) is 4.74 Å².